The van der Waals surface area contributed by atoms with Gasteiger partial charge >= 0.3 is 0 Å². The molecule has 0 bridgehead atoms. The van der Waals surface area contributed by atoms with Crippen LogP contribution < -0.4 is 14.8 Å². The van der Waals surface area contributed by atoms with Crippen molar-refractivity contribution in [3.05, 3.63) is 78.6 Å². The maximum absolute atomic E-state index is 13.0. The minimum atomic E-state index is -0.572. The van der Waals surface area contributed by atoms with E-state index >= 15 is 0 Å². The number of anilines is 1. The van der Waals surface area contributed by atoms with Crippen LogP contribution in [0.25, 0.3) is 6.08 Å². The molecule has 1 aliphatic carbocycles. The van der Waals surface area contributed by atoms with E-state index in [9.17, 15) is 15.3 Å². The number of fused-ring (bicyclic) bond motifs is 1. The Morgan fingerprint density at radius 3 is 2.72 bits per heavy atom. The highest BCUT2D eigenvalue weighted by Crippen LogP contribution is 2.38. The third-order valence-electron chi connectivity index (χ3n) is 5.80. The van der Waals surface area contributed by atoms with Crippen molar-refractivity contribution >= 4 is 55.9 Å². The molecule has 182 valence electrons. The molecule has 4 rings (SSSR count). The summed E-state index contributed by atoms with van der Waals surface area (Å²) in [5.41, 5.74) is 2.82. The number of carbonyl (C=O) groups is 1. The molecular weight excluding hydrogens is 562 g/mol. The van der Waals surface area contributed by atoms with E-state index in [1.165, 1.54) is 24.5 Å². The fourth-order valence-corrected chi connectivity index (χ4v) is 5.81. The number of halogens is 2. The number of nitrogens with zero attached hydrogens (tertiary/aromatic N) is 2. The van der Waals surface area contributed by atoms with E-state index in [0.717, 1.165) is 41.7 Å². The van der Waals surface area contributed by atoms with Gasteiger partial charge in [0.15, 0.2) is 11.5 Å². The lowest BCUT2D eigenvalue weighted by Crippen LogP contribution is -2.13. The number of methoxy groups -OCH3 is 1. The van der Waals surface area contributed by atoms with E-state index in [2.05, 4.69) is 27.3 Å². The van der Waals surface area contributed by atoms with Gasteiger partial charge < -0.3 is 14.8 Å². The molecule has 1 heterocycles. The summed E-state index contributed by atoms with van der Waals surface area (Å²) in [6, 6.07) is 15.0. The second-order valence-corrected chi connectivity index (χ2v) is 10.4. The molecule has 36 heavy (non-hydrogen) atoms. The summed E-state index contributed by atoms with van der Waals surface area (Å²) >= 11 is 11.1. The fourth-order valence-electron chi connectivity index (χ4n) is 3.95. The molecule has 9 heteroatoms. The second kappa shape index (κ2) is 11.6. The monoisotopic (exact) mass is 581 g/mol. The van der Waals surface area contributed by atoms with Crippen LogP contribution in [0.3, 0.4) is 0 Å². The molecule has 1 aliphatic rings. The predicted molar refractivity (Wildman–Crippen MR) is 144 cm³/mol. The van der Waals surface area contributed by atoms with Crippen LogP contribution in [-0.4, -0.2) is 13.0 Å². The van der Waals surface area contributed by atoms with Gasteiger partial charge in [-0.1, -0.05) is 45.7 Å². The topological polar surface area (TPSA) is 95.1 Å². The molecule has 0 aliphatic heterocycles. The van der Waals surface area contributed by atoms with Crippen LogP contribution in [0, 0.1) is 22.7 Å². The van der Waals surface area contributed by atoms with Crippen molar-refractivity contribution in [1.29, 1.82) is 10.5 Å². The molecule has 0 saturated carbocycles. The molecule has 0 spiro atoms. The lowest BCUT2D eigenvalue weighted by molar-refractivity contribution is -0.112. The Morgan fingerprint density at radius 2 is 2.00 bits per heavy atom. The number of nitrogens with one attached hydrogen (secondary N) is 1. The lowest BCUT2D eigenvalue weighted by Gasteiger charge is -2.13. The summed E-state index contributed by atoms with van der Waals surface area (Å²) in [5, 5.41) is 23.2. The SMILES string of the molecule is COc1cc(/C=C(\C#N)C(=O)Nc2sc3c(c2C#N)CCCC3)c(Br)cc1OCc1ccccc1Cl. The van der Waals surface area contributed by atoms with E-state index in [-0.39, 0.29) is 12.2 Å². The predicted octanol–water partition coefficient (Wildman–Crippen LogP) is 7.05. The Bertz CT molecular complexity index is 1440. The van der Waals surface area contributed by atoms with Crippen LogP contribution in [0.1, 0.15) is 40.0 Å². The number of ether oxygens (including phenoxy) is 2. The van der Waals surface area contributed by atoms with Gasteiger partial charge in [0, 0.05) is 19.9 Å². The number of benzene rings is 2. The summed E-state index contributed by atoms with van der Waals surface area (Å²) in [6.45, 7) is 0.246. The van der Waals surface area contributed by atoms with Crippen molar-refractivity contribution < 1.29 is 14.3 Å². The fraction of sp³-hybridized carbons (Fsp3) is 0.222. The highest BCUT2D eigenvalue weighted by Gasteiger charge is 2.23. The first-order chi connectivity index (χ1) is 17.4. The number of rotatable bonds is 7. The summed E-state index contributed by atoms with van der Waals surface area (Å²) in [7, 11) is 1.51. The van der Waals surface area contributed by atoms with Crippen LogP contribution in [0.2, 0.25) is 5.02 Å². The maximum Gasteiger partial charge on any atom is 0.266 e. The molecule has 2 aromatic carbocycles. The van der Waals surface area contributed by atoms with E-state index in [4.69, 9.17) is 21.1 Å². The quantitative estimate of drug-likeness (QED) is 0.238. The van der Waals surface area contributed by atoms with Gasteiger partial charge in [0.25, 0.3) is 5.91 Å². The molecule has 1 amide bonds. The van der Waals surface area contributed by atoms with Crippen LogP contribution in [0.15, 0.2) is 46.4 Å². The van der Waals surface area contributed by atoms with Crippen molar-refractivity contribution in [1.82, 2.24) is 0 Å². The van der Waals surface area contributed by atoms with Crippen molar-refractivity contribution in [2.75, 3.05) is 12.4 Å². The third-order valence-corrected chi connectivity index (χ3v) is 8.06. The number of thiophene rings is 1. The number of aryl methyl sites for hydroxylation is 1. The number of hydrogen-bond acceptors (Lipinski definition) is 6. The molecule has 0 atom stereocenters. The Balaban J connectivity index is 1.57. The van der Waals surface area contributed by atoms with E-state index in [1.54, 1.807) is 18.2 Å². The minimum Gasteiger partial charge on any atom is -0.493 e. The largest absolute Gasteiger partial charge is 0.493 e. The summed E-state index contributed by atoms with van der Waals surface area (Å²) in [6.07, 6.45) is 5.32. The summed E-state index contributed by atoms with van der Waals surface area (Å²) in [5.74, 6) is 0.344. The van der Waals surface area contributed by atoms with Crippen LogP contribution in [-0.2, 0) is 24.2 Å². The Hall–Kier alpha value is -3.30. The normalized spacial score (nSPS) is 12.8. The Morgan fingerprint density at radius 1 is 1.22 bits per heavy atom. The zero-order valence-corrected chi connectivity index (χ0v) is 22.5. The molecule has 0 radical (unpaired) electrons. The van der Waals surface area contributed by atoms with Crippen molar-refractivity contribution in [3.8, 4) is 23.6 Å². The van der Waals surface area contributed by atoms with Crippen LogP contribution in [0.4, 0.5) is 5.00 Å². The van der Waals surface area contributed by atoms with Crippen molar-refractivity contribution in [2.24, 2.45) is 0 Å². The summed E-state index contributed by atoms with van der Waals surface area (Å²) in [4.78, 5) is 14.1. The molecule has 0 saturated heterocycles. The van der Waals surface area contributed by atoms with E-state index in [1.807, 2.05) is 24.3 Å². The zero-order valence-electron chi connectivity index (χ0n) is 19.4. The molecule has 1 N–H and O–H groups in total. The van der Waals surface area contributed by atoms with Crippen LogP contribution >= 0.6 is 38.9 Å². The third kappa shape index (κ3) is 5.57. The highest BCUT2D eigenvalue weighted by molar-refractivity contribution is 9.10. The van der Waals surface area contributed by atoms with Gasteiger partial charge in [0.1, 0.15) is 29.3 Å². The second-order valence-electron chi connectivity index (χ2n) is 8.06. The van der Waals surface area contributed by atoms with Gasteiger partial charge in [-0.15, -0.1) is 11.3 Å². The minimum absolute atomic E-state index is 0.0993. The van der Waals surface area contributed by atoms with Gasteiger partial charge in [-0.2, -0.15) is 10.5 Å². The van der Waals surface area contributed by atoms with Gasteiger partial charge in [-0.05, 0) is 61.1 Å². The first-order valence-corrected chi connectivity index (χ1v) is 13.2. The number of nitriles is 2. The van der Waals surface area contributed by atoms with Crippen LogP contribution in [0.5, 0.6) is 11.5 Å². The molecule has 6 nitrogen and oxygen atoms in total. The first kappa shape index (κ1) is 25.8. The first-order valence-electron chi connectivity index (χ1n) is 11.2. The molecule has 3 aromatic rings. The number of carbonyl (C=O) groups excluding carboxylic acids is 1. The molecular formula is C27H21BrClN3O3S. The van der Waals surface area contributed by atoms with Gasteiger partial charge in [-0.3, -0.25) is 4.79 Å². The maximum atomic E-state index is 13.0. The number of hydrogen-bond donors (Lipinski definition) is 1. The standard InChI is InChI=1S/C27H21BrClN3O3S/c1-34-23-11-17(21(28)12-24(23)35-15-16-6-2-4-8-22(16)29)10-18(13-30)26(33)32-27-20(14-31)19-7-3-5-9-25(19)36-27/h2,4,6,8,10-12H,3,5,7,9,15H2,1H3,(H,32,33)/b18-10+. The van der Waals surface area contributed by atoms with Gasteiger partial charge in [-0.25, -0.2) is 0 Å². The van der Waals surface area contributed by atoms with Crippen molar-refractivity contribution in [3.63, 3.8) is 0 Å². The summed E-state index contributed by atoms with van der Waals surface area (Å²) < 4.78 is 12.0. The Labute approximate surface area is 226 Å². The average molecular weight is 583 g/mol. The Kier molecular flexibility index (Phi) is 8.32. The van der Waals surface area contributed by atoms with Crippen molar-refractivity contribution in [2.45, 2.75) is 32.3 Å². The molecule has 0 unspecified atom stereocenters. The number of amides is 1. The van der Waals surface area contributed by atoms with Gasteiger partial charge in [0.05, 0.1) is 12.7 Å². The molecule has 0 fully saturated rings. The van der Waals surface area contributed by atoms with E-state index < -0.39 is 5.91 Å². The highest BCUT2D eigenvalue weighted by atomic mass is 79.9. The smallest absolute Gasteiger partial charge is 0.266 e. The zero-order chi connectivity index (χ0) is 25.7. The average Bonchev–Trinajstić information content (AvgIpc) is 3.24. The van der Waals surface area contributed by atoms with E-state index in [0.29, 0.717) is 37.1 Å². The molecule has 1 aromatic heterocycles. The van der Waals surface area contributed by atoms with Gasteiger partial charge in [0.2, 0.25) is 0 Å². The lowest BCUT2D eigenvalue weighted by atomic mass is 9.96.